The van der Waals surface area contributed by atoms with E-state index in [0.717, 1.165) is 23.0 Å². The molecule has 2 unspecified atom stereocenters. The summed E-state index contributed by atoms with van der Waals surface area (Å²) in [5.74, 6) is 0.283. The van der Waals surface area contributed by atoms with E-state index in [-0.39, 0.29) is 17.5 Å². The highest BCUT2D eigenvalue weighted by Gasteiger charge is 2.29. The Kier molecular flexibility index (Phi) is 8.45. The summed E-state index contributed by atoms with van der Waals surface area (Å²) in [6, 6.07) is 21.1. The lowest BCUT2D eigenvalue weighted by molar-refractivity contribution is -0.120. The molecule has 1 saturated heterocycles. The van der Waals surface area contributed by atoms with Crippen molar-refractivity contribution in [1.29, 1.82) is 0 Å². The molecule has 8 heteroatoms. The van der Waals surface area contributed by atoms with Crippen LogP contribution < -0.4 is 14.5 Å². The largest absolute Gasteiger partial charge is 0.371 e. The van der Waals surface area contributed by atoms with E-state index in [1.54, 1.807) is 43.3 Å². The highest BCUT2D eigenvalue weighted by Crippen LogP contribution is 2.31. The Morgan fingerprint density at radius 1 is 1.08 bits per heavy atom. The molecule has 1 aliphatic rings. The standard InChI is InChI=1S/C29H34ClN3O3S/c1-21-9-8-18-32(19-21)25-16-14-24(15-17-25)23(3)31-29(34)20-33(28-13-7-12-27(30)22(28)2)37(35,36)26-10-5-4-6-11-26/h4-7,10-17,21,23H,8-9,18-20H2,1-3H3,(H,31,34). The molecule has 3 aromatic carbocycles. The molecule has 37 heavy (non-hydrogen) atoms. The van der Waals surface area contributed by atoms with Gasteiger partial charge in [-0.05, 0) is 80.1 Å². The lowest BCUT2D eigenvalue weighted by Crippen LogP contribution is -2.42. The molecule has 0 spiro atoms. The fourth-order valence-corrected chi connectivity index (χ4v) is 6.45. The Morgan fingerprint density at radius 3 is 2.46 bits per heavy atom. The van der Waals surface area contributed by atoms with E-state index in [4.69, 9.17) is 11.6 Å². The van der Waals surface area contributed by atoms with Crippen LogP contribution in [-0.4, -0.2) is 34.0 Å². The first-order valence-electron chi connectivity index (χ1n) is 12.6. The van der Waals surface area contributed by atoms with Crippen LogP contribution in [0.2, 0.25) is 5.02 Å². The fraction of sp³-hybridized carbons (Fsp3) is 0.345. The van der Waals surface area contributed by atoms with Crippen LogP contribution in [0.25, 0.3) is 0 Å². The van der Waals surface area contributed by atoms with Gasteiger partial charge in [0.2, 0.25) is 5.91 Å². The van der Waals surface area contributed by atoms with Crippen molar-refractivity contribution in [1.82, 2.24) is 5.32 Å². The summed E-state index contributed by atoms with van der Waals surface area (Å²) >= 11 is 6.31. The van der Waals surface area contributed by atoms with Gasteiger partial charge in [-0.1, -0.05) is 54.9 Å². The minimum atomic E-state index is -4.00. The molecule has 1 fully saturated rings. The zero-order valence-corrected chi connectivity index (χ0v) is 23.1. The number of carbonyl (C=O) groups is 1. The number of sulfonamides is 1. The molecule has 196 valence electrons. The van der Waals surface area contributed by atoms with Gasteiger partial charge in [0.1, 0.15) is 6.54 Å². The first-order chi connectivity index (χ1) is 17.7. The molecular formula is C29H34ClN3O3S. The van der Waals surface area contributed by atoms with Crippen LogP contribution in [0, 0.1) is 12.8 Å². The van der Waals surface area contributed by atoms with Gasteiger partial charge in [0, 0.05) is 23.8 Å². The number of carbonyl (C=O) groups excluding carboxylic acids is 1. The molecule has 1 amide bonds. The van der Waals surface area contributed by atoms with Crippen LogP contribution >= 0.6 is 11.6 Å². The zero-order chi connectivity index (χ0) is 26.6. The van der Waals surface area contributed by atoms with Crippen molar-refractivity contribution in [2.75, 3.05) is 28.8 Å². The van der Waals surface area contributed by atoms with Crippen molar-refractivity contribution in [3.05, 3.63) is 88.9 Å². The molecule has 0 aromatic heterocycles. The Morgan fingerprint density at radius 2 is 1.78 bits per heavy atom. The number of amides is 1. The first-order valence-corrected chi connectivity index (χ1v) is 14.5. The maximum absolute atomic E-state index is 13.6. The van der Waals surface area contributed by atoms with Gasteiger partial charge in [0.05, 0.1) is 16.6 Å². The Labute approximate surface area is 225 Å². The summed E-state index contributed by atoms with van der Waals surface area (Å²) in [6.07, 6.45) is 2.47. The number of nitrogens with one attached hydrogen (secondary N) is 1. The van der Waals surface area contributed by atoms with E-state index in [2.05, 4.69) is 29.3 Å². The van der Waals surface area contributed by atoms with Crippen LogP contribution in [0.5, 0.6) is 0 Å². The molecule has 2 atom stereocenters. The van der Waals surface area contributed by atoms with Crippen molar-refractivity contribution in [3.63, 3.8) is 0 Å². The minimum Gasteiger partial charge on any atom is -0.371 e. The van der Waals surface area contributed by atoms with Gasteiger partial charge in [0.15, 0.2) is 0 Å². The average molecular weight is 540 g/mol. The summed E-state index contributed by atoms with van der Waals surface area (Å²) < 4.78 is 28.3. The molecule has 0 bridgehead atoms. The van der Waals surface area contributed by atoms with Crippen molar-refractivity contribution >= 4 is 38.9 Å². The Hall–Kier alpha value is -3.03. The summed E-state index contributed by atoms with van der Waals surface area (Å²) in [4.78, 5) is 15.7. The number of benzene rings is 3. The summed E-state index contributed by atoms with van der Waals surface area (Å²) in [5.41, 5.74) is 3.11. The number of hydrogen-bond donors (Lipinski definition) is 1. The SMILES string of the molecule is Cc1c(Cl)cccc1N(CC(=O)NC(C)c1ccc(N2CCCC(C)C2)cc1)S(=O)(=O)c1ccccc1. The van der Waals surface area contributed by atoms with Gasteiger partial charge >= 0.3 is 0 Å². The highest BCUT2D eigenvalue weighted by atomic mass is 35.5. The number of rotatable bonds is 8. The number of hydrogen-bond acceptors (Lipinski definition) is 4. The van der Waals surface area contributed by atoms with Gasteiger partial charge in [-0.25, -0.2) is 8.42 Å². The maximum atomic E-state index is 13.6. The van der Waals surface area contributed by atoms with Crippen molar-refractivity contribution in [2.45, 2.75) is 44.6 Å². The van der Waals surface area contributed by atoms with E-state index in [1.807, 2.05) is 19.1 Å². The quantitative estimate of drug-likeness (QED) is 0.383. The number of halogens is 1. The number of nitrogens with zero attached hydrogens (tertiary/aromatic N) is 2. The molecule has 1 N–H and O–H groups in total. The second-order valence-electron chi connectivity index (χ2n) is 9.78. The fourth-order valence-electron chi connectivity index (χ4n) is 4.78. The lowest BCUT2D eigenvalue weighted by atomic mass is 9.99. The maximum Gasteiger partial charge on any atom is 0.264 e. The number of anilines is 2. The number of piperidine rings is 1. The van der Waals surface area contributed by atoms with Crippen LogP contribution in [0.4, 0.5) is 11.4 Å². The van der Waals surface area contributed by atoms with Gasteiger partial charge in [-0.3, -0.25) is 9.10 Å². The smallest absolute Gasteiger partial charge is 0.264 e. The Balaban J connectivity index is 1.52. The van der Waals surface area contributed by atoms with Gasteiger partial charge in [0.25, 0.3) is 10.0 Å². The monoisotopic (exact) mass is 539 g/mol. The van der Waals surface area contributed by atoms with Crippen LogP contribution in [0.3, 0.4) is 0 Å². The molecule has 6 nitrogen and oxygen atoms in total. The van der Waals surface area contributed by atoms with E-state index in [1.165, 1.54) is 30.7 Å². The molecule has 1 aliphatic heterocycles. The third kappa shape index (κ3) is 6.28. The van der Waals surface area contributed by atoms with Crippen LogP contribution in [0.1, 0.15) is 43.9 Å². The van der Waals surface area contributed by atoms with Crippen molar-refractivity contribution in [2.24, 2.45) is 5.92 Å². The van der Waals surface area contributed by atoms with E-state index in [0.29, 0.717) is 22.2 Å². The predicted octanol–water partition coefficient (Wildman–Crippen LogP) is 5.96. The van der Waals surface area contributed by atoms with Crippen molar-refractivity contribution < 1.29 is 13.2 Å². The third-order valence-corrected chi connectivity index (χ3v) is 9.10. The van der Waals surface area contributed by atoms with E-state index >= 15 is 0 Å². The zero-order valence-electron chi connectivity index (χ0n) is 21.5. The highest BCUT2D eigenvalue weighted by molar-refractivity contribution is 7.92. The molecular weight excluding hydrogens is 506 g/mol. The van der Waals surface area contributed by atoms with E-state index < -0.39 is 15.9 Å². The lowest BCUT2D eigenvalue weighted by Gasteiger charge is -2.33. The first kappa shape index (κ1) is 27.0. The third-order valence-electron chi connectivity index (χ3n) is 6.92. The minimum absolute atomic E-state index is 0.109. The molecule has 4 rings (SSSR count). The molecule has 3 aromatic rings. The normalized spacial score (nSPS) is 16.8. The van der Waals surface area contributed by atoms with Gasteiger partial charge in [-0.15, -0.1) is 0 Å². The van der Waals surface area contributed by atoms with Gasteiger partial charge < -0.3 is 10.2 Å². The Bertz CT molecular complexity index is 1330. The average Bonchev–Trinajstić information content (AvgIpc) is 2.89. The second kappa shape index (κ2) is 11.6. The van der Waals surface area contributed by atoms with Crippen LogP contribution in [-0.2, 0) is 14.8 Å². The molecule has 1 heterocycles. The summed E-state index contributed by atoms with van der Waals surface area (Å²) in [5, 5.41) is 3.40. The molecule has 0 aliphatic carbocycles. The topological polar surface area (TPSA) is 69.7 Å². The predicted molar refractivity (Wildman–Crippen MR) is 151 cm³/mol. The molecule has 0 radical (unpaired) electrons. The van der Waals surface area contributed by atoms with E-state index in [9.17, 15) is 13.2 Å². The summed E-state index contributed by atoms with van der Waals surface area (Å²) in [6.45, 7) is 7.68. The summed E-state index contributed by atoms with van der Waals surface area (Å²) in [7, 11) is -4.00. The molecule has 0 saturated carbocycles. The van der Waals surface area contributed by atoms with Crippen LogP contribution in [0.15, 0.2) is 77.7 Å². The second-order valence-corrected chi connectivity index (χ2v) is 12.1. The van der Waals surface area contributed by atoms with Gasteiger partial charge in [-0.2, -0.15) is 0 Å². The van der Waals surface area contributed by atoms with Crippen molar-refractivity contribution in [3.8, 4) is 0 Å².